The number of amides is 2. The van der Waals surface area contributed by atoms with Gasteiger partial charge in [0, 0.05) is 6.61 Å². The van der Waals surface area contributed by atoms with E-state index in [2.05, 4.69) is 5.32 Å². The van der Waals surface area contributed by atoms with Crippen molar-refractivity contribution in [3.63, 3.8) is 0 Å². The third-order valence-electron chi connectivity index (χ3n) is 2.49. The van der Waals surface area contributed by atoms with Gasteiger partial charge in [-0.1, -0.05) is 0 Å². The van der Waals surface area contributed by atoms with Crippen molar-refractivity contribution >= 4 is 17.8 Å². The lowest BCUT2D eigenvalue weighted by atomic mass is 10.1. The van der Waals surface area contributed by atoms with E-state index < -0.39 is 36.4 Å². The fourth-order valence-corrected chi connectivity index (χ4v) is 1.61. The number of hydrogen-bond donors (Lipinski definition) is 3. The number of carboxylic acid groups (broad SMARTS) is 1. The van der Waals surface area contributed by atoms with Gasteiger partial charge >= 0.3 is 5.97 Å². The lowest BCUT2D eigenvalue weighted by molar-refractivity contribution is -0.146. The zero-order valence-corrected chi connectivity index (χ0v) is 9.35. The van der Waals surface area contributed by atoms with Crippen molar-refractivity contribution in [3.8, 4) is 0 Å². The summed E-state index contributed by atoms with van der Waals surface area (Å²) < 4.78 is 5.20. The predicted octanol–water partition coefficient (Wildman–Crippen LogP) is -1.000. The number of aliphatic carboxylic acids is 1. The molecule has 0 aromatic heterocycles. The summed E-state index contributed by atoms with van der Waals surface area (Å²) >= 11 is 0. The summed E-state index contributed by atoms with van der Waals surface area (Å²) in [7, 11) is 0. The molecular formula is C10H16N2O5. The lowest BCUT2D eigenvalue weighted by Gasteiger charge is -2.23. The molecule has 1 heterocycles. The van der Waals surface area contributed by atoms with E-state index in [-0.39, 0.29) is 0 Å². The molecule has 7 heteroatoms. The monoisotopic (exact) mass is 244 g/mol. The molecule has 2 unspecified atom stereocenters. The van der Waals surface area contributed by atoms with Crippen molar-refractivity contribution < 1.29 is 24.2 Å². The number of rotatable bonds is 5. The van der Waals surface area contributed by atoms with Gasteiger partial charge in [-0.05, 0) is 19.3 Å². The fourth-order valence-electron chi connectivity index (χ4n) is 1.61. The molecule has 2 amide bonds. The van der Waals surface area contributed by atoms with Gasteiger partial charge in [-0.15, -0.1) is 0 Å². The van der Waals surface area contributed by atoms with Crippen LogP contribution in [0.4, 0.5) is 0 Å². The third kappa shape index (κ3) is 4.39. The van der Waals surface area contributed by atoms with Crippen LogP contribution >= 0.6 is 0 Å². The SMILES string of the molecule is NC(=O)CC(NC(=O)C1CCCCO1)C(=O)O. The Kier molecular flexibility index (Phi) is 4.89. The minimum atomic E-state index is -1.29. The fraction of sp³-hybridized carbons (Fsp3) is 0.700. The quantitative estimate of drug-likeness (QED) is 0.573. The van der Waals surface area contributed by atoms with Gasteiger partial charge in [-0.3, -0.25) is 9.59 Å². The van der Waals surface area contributed by atoms with Crippen LogP contribution in [0.5, 0.6) is 0 Å². The normalized spacial score (nSPS) is 21.5. The average molecular weight is 244 g/mol. The standard InChI is InChI=1S/C10H16N2O5/c11-8(13)5-6(10(15)16)12-9(14)7-3-1-2-4-17-7/h6-7H,1-5H2,(H2,11,13)(H,12,14)(H,15,16). The summed E-state index contributed by atoms with van der Waals surface area (Å²) in [5.74, 6) is -2.56. The van der Waals surface area contributed by atoms with Crippen LogP contribution in [0, 0.1) is 0 Å². The summed E-state index contributed by atoms with van der Waals surface area (Å²) in [6.45, 7) is 0.492. The maximum Gasteiger partial charge on any atom is 0.326 e. The largest absolute Gasteiger partial charge is 0.480 e. The Hall–Kier alpha value is -1.63. The Morgan fingerprint density at radius 2 is 2.12 bits per heavy atom. The third-order valence-corrected chi connectivity index (χ3v) is 2.49. The number of hydrogen-bond acceptors (Lipinski definition) is 4. The van der Waals surface area contributed by atoms with Crippen molar-refractivity contribution in [2.24, 2.45) is 5.73 Å². The van der Waals surface area contributed by atoms with Gasteiger partial charge in [0.15, 0.2) is 0 Å². The molecule has 4 N–H and O–H groups in total. The molecule has 0 aromatic carbocycles. The van der Waals surface area contributed by atoms with Crippen LogP contribution < -0.4 is 11.1 Å². The van der Waals surface area contributed by atoms with E-state index in [1.54, 1.807) is 0 Å². The molecule has 0 bridgehead atoms. The molecule has 1 aliphatic rings. The van der Waals surface area contributed by atoms with Crippen molar-refractivity contribution in [3.05, 3.63) is 0 Å². The highest BCUT2D eigenvalue weighted by Gasteiger charge is 2.27. The number of carbonyl (C=O) groups excluding carboxylic acids is 2. The zero-order valence-electron chi connectivity index (χ0n) is 9.35. The molecule has 0 spiro atoms. The Morgan fingerprint density at radius 1 is 1.41 bits per heavy atom. The van der Waals surface area contributed by atoms with E-state index in [4.69, 9.17) is 15.6 Å². The van der Waals surface area contributed by atoms with Gasteiger partial charge in [0.05, 0.1) is 6.42 Å². The number of carbonyl (C=O) groups is 3. The summed E-state index contributed by atoms with van der Waals surface area (Å²) in [5, 5.41) is 11.1. The topological polar surface area (TPSA) is 119 Å². The number of ether oxygens (including phenoxy) is 1. The van der Waals surface area contributed by atoms with Crippen LogP contribution in [0.15, 0.2) is 0 Å². The summed E-state index contributed by atoms with van der Waals surface area (Å²) in [6.07, 6.45) is 1.28. The zero-order chi connectivity index (χ0) is 12.8. The number of carboxylic acids is 1. The number of primary amides is 1. The molecule has 1 saturated heterocycles. The van der Waals surface area contributed by atoms with Crippen LogP contribution in [0.25, 0.3) is 0 Å². The second-order valence-corrected chi connectivity index (χ2v) is 3.93. The van der Waals surface area contributed by atoms with Crippen molar-refractivity contribution in [2.75, 3.05) is 6.61 Å². The van der Waals surface area contributed by atoms with Gasteiger partial charge in [0.25, 0.3) is 0 Å². The highest BCUT2D eigenvalue weighted by atomic mass is 16.5. The summed E-state index contributed by atoms with van der Waals surface area (Å²) in [6, 6.07) is -1.29. The van der Waals surface area contributed by atoms with Gasteiger partial charge < -0.3 is 20.9 Å². The van der Waals surface area contributed by atoms with Gasteiger partial charge in [0.2, 0.25) is 11.8 Å². The molecule has 1 rings (SSSR count). The molecule has 0 radical (unpaired) electrons. The first-order chi connectivity index (χ1) is 8.00. The smallest absolute Gasteiger partial charge is 0.326 e. The van der Waals surface area contributed by atoms with Crippen molar-refractivity contribution in [1.29, 1.82) is 0 Å². The molecule has 0 aliphatic carbocycles. The van der Waals surface area contributed by atoms with Gasteiger partial charge in [0.1, 0.15) is 12.1 Å². The molecule has 17 heavy (non-hydrogen) atoms. The highest BCUT2D eigenvalue weighted by molar-refractivity contribution is 5.89. The summed E-state index contributed by atoms with van der Waals surface area (Å²) in [4.78, 5) is 33.1. The van der Waals surface area contributed by atoms with E-state index in [0.717, 1.165) is 12.8 Å². The minimum absolute atomic E-state index is 0.423. The van der Waals surface area contributed by atoms with Crippen molar-refractivity contribution in [1.82, 2.24) is 5.32 Å². The number of nitrogens with one attached hydrogen (secondary N) is 1. The lowest BCUT2D eigenvalue weighted by Crippen LogP contribution is -2.48. The van der Waals surface area contributed by atoms with Crippen LogP contribution in [0.1, 0.15) is 25.7 Å². The maximum absolute atomic E-state index is 11.6. The van der Waals surface area contributed by atoms with E-state index in [1.807, 2.05) is 0 Å². The molecule has 1 fully saturated rings. The van der Waals surface area contributed by atoms with Crippen LogP contribution in [0.2, 0.25) is 0 Å². The van der Waals surface area contributed by atoms with Crippen molar-refractivity contribution in [2.45, 2.75) is 37.8 Å². The highest BCUT2D eigenvalue weighted by Crippen LogP contribution is 2.12. The van der Waals surface area contributed by atoms with E-state index in [9.17, 15) is 14.4 Å². The van der Waals surface area contributed by atoms with Crippen LogP contribution in [0.3, 0.4) is 0 Å². The van der Waals surface area contributed by atoms with Gasteiger partial charge in [-0.2, -0.15) is 0 Å². The average Bonchev–Trinajstić information content (AvgIpc) is 2.28. The van der Waals surface area contributed by atoms with E-state index >= 15 is 0 Å². The Labute approximate surface area is 98.3 Å². The molecular weight excluding hydrogens is 228 g/mol. The van der Waals surface area contributed by atoms with Gasteiger partial charge in [-0.25, -0.2) is 4.79 Å². The first kappa shape index (κ1) is 13.4. The van der Waals surface area contributed by atoms with Crippen LogP contribution in [-0.2, 0) is 19.1 Å². The maximum atomic E-state index is 11.6. The molecule has 2 atom stereocenters. The Morgan fingerprint density at radius 3 is 2.59 bits per heavy atom. The van der Waals surface area contributed by atoms with E-state index in [1.165, 1.54) is 0 Å². The molecule has 0 aromatic rings. The first-order valence-corrected chi connectivity index (χ1v) is 5.44. The molecule has 1 aliphatic heterocycles. The Balaban J connectivity index is 2.50. The predicted molar refractivity (Wildman–Crippen MR) is 57.0 cm³/mol. The molecule has 7 nitrogen and oxygen atoms in total. The number of nitrogens with two attached hydrogens (primary N) is 1. The Bertz CT molecular complexity index is 312. The second-order valence-electron chi connectivity index (χ2n) is 3.93. The molecule has 96 valence electrons. The summed E-state index contributed by atoms with van der Waals surface area (Å²) in [5.41, 5.74) is 4.90. The van der Waals surface area contributed by atoms with Crippen LogP contribution in [-0.4, -0.2) is 41.6 Å². The minimum Gasteiger partial charge on any atom is -0.480 e. The molecule has 0 saturated carbocycles. The second kappa shape index (κ2) is 6.19. The van der Waals surface area contributed by atoms with E-state index in [0.29, 0.717) is 13.0 Å². The first-order valence-electron chi connectivity index (χ1n) is 5.44.